The van der Waals surface area contributed by atoms with Gasteiger partial charge in [0.1, 0.15) is 46.1 Å². The number of rotatable bonds is 19. The Morgan fingerprint density at radius 3 is 1.93 bits per heavy atom. The van der Waals surface area contributed by atoms with Gasteiger partial charge in [-0.3, -0.25) is 19.4 Å². The largest absolute Gasteiger partial charge is 0.488 e. The SMILES string of the molecule is Cc1c(C)c(S(=O)(=O)NC(N)=NCCC[C@@H](C(N)=O)N(C(=O)[C@H](Cc2ccc(OC(C)(C)C)cc2)NC(=O)[C@@H](N)Cc2ccc(OC(C)(C)C)cc2)[C@H](C)c2ccc3ccccc3c2)c(C)c2c1OC(C)(C)CC2. The molecule has 0 saturated carbocycles. The number of hydrogen-bond acceptors (Lipinski definition) is 10. The number of ether oxygens (including phenoxy) is 3. The highest BCUT2D eigenvalue weighted by atomic mass is 32.2. The molecule has 0 saturated heterocycles. The van der Waals surface area contributed by atoms with Gasteiger partial charge in [0, 0.05) is 13.0 Å². The topological polar surface area (TPSA) is 231 Å². The summed E-state index contributed by atoms with van der Waals surface area (Å²) in [4.78, 5) is 49.5. The molecule has 0 fully saturated rings. The van der Waals surface area contributed by atoms with Crippen molar-refractivity contribution >= 4 is 44.5 Å². The molecular formula is C58H77N7O8S. The Morgan fingerprint density at radius 1 is 0.797 bits per heavy atom. The zero-order chi connectivity index (χ0) is 54.5. The van der Waals surface area contributed by atoms with E-state index < -0.39 is 63.1 Å². The molecule has 1 aliphatic rings. The van der Waals surface area contributed by atoms with Crippen molar-refractivity contribution in [2.75, 3.05) is 6.54 Å². The maximum Gasteiger partial charge on any atom is 0.264 e. The smallest absolute Gasteiger partial charge is 0.264 e. The van der Waals surface area contributed by atoms with E-state index in [2.05, 4.69) is 15.0 Å². The van der Waals surface area contributed by atoms with Gasteiger partial charge >= 0.3 is 0 Å². The van der Waals surface area contributed by atoms with Crippen LogP contribution in [0.3, 0.4) is 0 Å². The van der Waals surface area contributed by atoms with Gasteiger partial charge in [-0.1, -0.05) is 60.7 Å². The van der Waals surface area contributed by atoms with Crippen LogP contribution in [-0.2, 0) is 43.7 Å². The van der Waals surface area contributed by atoms with Crippen molar-refractivity contribution in [3.05, 3.63) is 130 Å². The Balaban J connectivity index is 1.29. The first kappa shape index (κ1) is 56.6. The monoisotopic (exact) mass is 1030 g/mol. The van der Waals surface area contributed by atoms with E-state index in [-0.39, 0.29) is 48.7 Å². The zero-order valence-corrected chi connectivity index (χ0v) is 46.0. The lowest BCUT2D eigenvalue weighted by molar-refractivity contribution is -0.145. The molecule has 1 aliphatic heterocycles. The van der Waals surface area contributed by atoms with Crippen molar-refractivity contribution in [2.45, 2.75) is 167 Å². The fraction of sp³-hybridized carbons (Fsp3) is 0.448. The zero-order valence-electron chi connectivity index (χ0n) is 45.2. The van der Waals surface area contributed by atoms with Crippen LogP contribution in [0.15, 0.2) is 101 Å². The van der Waals surface area contributed by atoms with Crippen LogP contribution in [-0.4, -0.2) is 78.5 Å². The van der Waals surface area contributed by atoms with Gasteiger partial charge in [0.05, 0.1) is 17.0 Å². The van der Waals surface area contributed by atoms with E-state index in [0.717, 1.165) is 39.4 Å². The highest BCUT2D eigenvalue weighted by molar-refractivity contribution is 7.90. The lowest BCUT2D eigenvalue weighted by Gasteiger charge is -2.38. The molecule has 6 rings (SSSR count). The molecule has 5 aromatic rings. The third-order valence-corrected chi connectivity index (χ3v) is 14.9. The van der Waals surface area contributed by atoms with Gasteiger partial charge in [-0.2, -0.15) is 0 Å². The second-order valence-electron chi connectivity index (χ2n) is 22.1. The summed E-state index contributed by atoms with van der Waals surface area (Å²) in [5.74, 6) is -0.236. The molecule has 5 aromatic carbocycles. The minimum atomic E-state index is -4.19. The molecule has 15 nitrogen and oxygen atoms in total. The van der Waals surface area contributed by atoms with Crippen LogP contribution < -0.4 is 41.5 Å². The van der Waals surface area contributed by atoms with Crippen molar-refractivity contribution < 1.29 is 37.0 Å². The van der Waals surface area contributed by atoms with E-state index in [9.17, 15) is 18.0 Å². The predicted octanol–water partition coefficient (Wildman–Crippen LogP) is 8.34. The van der Waals surface area contributed by atoms with Crippen LogP contribution >= 0.6 is 0 Å². The quantitative estimate of drug-likeness (QED) is 0.0302. The van der Waals surface area contributed by atoms with Crippen LogP contribution in [0.2, 0.25) is 0 Å². The molecule has 74 heavy (non-hydrogen) atoms. The van der Waals surface area contributed by atoms with Gasteiger partial charge in [0.2, 0.25) is 23.7 Å². The molecule has 0 spiro atoms. The lowest BCUT2D eigenvalue weighted by atomic mass is 9.88. The molecule has 3 amide bonds. The number of primary amides is 1. The summed E-state index contributed by atoms with van der Waals surface area (Å²) in [6.07, 6.45) is 1.78. The van der Waals surface area contributed by atoms with Crippen molar-refractivity contribution in [1.82, 2.24) is 14.9 Å². The number of carbonyl (C=O) groups is 3. The second-order valence-corrected chi connectivity index (χ2v) is 23.7. The van der Waals surface area contributed by atoms with Gasteiger partial charge in [0.25, 0.3) is 10.0 Å². The molecule has 0 aliphatic carbocycles. The Labute approximate surface area is 438 Å². The summed E-state index contributed by atoms with van der Waals surface area (Å²) in [5.41, 5.74) is 22.9. The van der Waals surface area contributed by atoms with Crippen molar-refractivity contribution in [3.63, 3.8) is 0 Å². The highest BCUT2D eigenvalue weighted by Gasteiger charge is 2.38. The summed E-state index contributed by atoms with van der Waals surface area (Å²) in [6, 6.07) is 24.0. The number of nitrogens with one attached hydrogen (secondary N) is 2. The van der Waals surface area contributed by atoms with Crippen LogP contribution in [0.1, 0.15) is 127 Å². The van der Waals surface area contributed by atoms with E-state index in [1.165, 1.54) is 4.90 Å². The molecule has 4 atom stereocenters. The number of carbonyl (C=O) groups excluding carboxylic acids is 3. The Kier molecular flexibility index (Phi) is 17.5. The van der Waals surface area contributed by atoms with E-state index in [4.69, 9.17) is 31.4 Å². The minimum absolute atomic E-state index is 0.0179. The average Bonchev–Trinajstić information content (AvgIpc) is 3.30. The second kappa shape index (κ2) is 22.9. The molecule has 1 heterocycles. The fourth-order valence-corrected chi connectivity index (χ4v) is 11.0. The third kappa shape index (κ3) is 14.6. The molecule has 8 N–H and O–H groups in total. The summed E-state index contributed by atoms with van der Waals surface area (Å²) < 4.78 is 48.8. The number of aliphatic imine (C=N–C) groups is 1. The lowest BCUT2D eigenvalue weighted by Crippen LogP contribution is -2.58. The molecule has 16 heteroatoms. The van der Waals surface area contributed by atoms with Crippen molar-refractivity contribution in [3.8, 4) is 17.2 Å². The summed E-state index contributed by atoms with van der Waals surface area (Å²) in [6.45, 7) is 22.9. The average molecular weight is 1030 g/mol. The van der Waals surface area contributed by atoms with E-state index in [1.54, 1.807) is 13.8 Å². The first-order chi connectivity index (χ1) is 34.5. The molecule has 398 valence electrons. The normalized spacial score (nSPS) is 15.4. The van der Waals surface area contributed by atoms with Gasteiger partial charge in [-0.05, 0) is 195 Å². The Morgan fingerprint density at radius 2 is 1.36 bits per heavy atom. The van der Waals surface area contributed by atoms with Crippen LogP contribution in [0.4, 0.5) is 0 Å². The predicted molar refractivity (Wildman–Crippen MR) is 293 cm³/mol. The molecular weight excluding hydrogens is 955 g/mol. The molecule has 0 radical (unpaired) electrons. The number of benzene rings is 5. The van der Waals surface area contributed by atoms with E-state index in [1.807, 2.05) is 160 Å². The molecule has 0 aromatic heterocycles. The standard InChI is InChI=1S/C58H77N7O8S/c1-35-36(2)51(37(3)46-29-30-58(11,12)73-50(35)46)74(69,70)64-55(61)62-31-15-18-49(52(60)66)65(38(4)42-24-23-41-16-13-14-17-43(41)34-42)54(68)48(33-40-21-27-45(28-22-40)72-57(8,9)10)63-53(67)47(59)32-39-19-25-44(26-20-39)71-56(5,6)7/h13-14,16-17,19-28,34,38,47-49H,15,18,29-33,59H2,1-12H3,(H2,60,66)(H,63,67)(H3,61,62,64)/t38-,47+,48+,49+/m1/s1. The first-order valence-corrected chi connectivity index (χ1v) is 26.9. The van der Waals surface area contributed by atoms with E-state index in [0.29, 0.717) is 40.4 Å². The third-order valence-electron chi connectivity index (χ3n) is 13.2. The number of nitrogens with two attached hydrogens (primary N) is 3. The summed E-state index contributed by atoms with van der Waals surface area (Å²) in [5, 5.41) is 4.87. The summed E-state index contributed by atoms with van der Waals surface area (Å²) in [7, 11) is -4.19. The maximum atomic E-state index is 15.5. The summed E-state index contributed by atoms with van der Waals surface area (Å²) >= 11 is 0. The van der Waals surface area contributed by atoms with E-state index >= 15 is 4.79 Å². The number of sulfonamides is 1. The molecule has 0 bridgehead atoms. The number of amides is 3. The fourth-order valence-electron chi connectivity index (χ4n) is 9.45. The van der Waals surface area contributed by atoms with Gasteiger partial charge in [-0.25, -0.2) is 13.1 Å². The number of guanidine groups is 1. The Bertz CT molecular complexity index is 2980. The van der Waals surface area contributed by atoms with Gasteiger partial charge in [0.15, 0.2) is 0 Å². The molecule has 0 unspecified atom stereocenters. The van der Waals surface area contributed by atoms with Crippen LogP contribution in [0, 0.1) is 20.8 Å². The van der Waals surface area contributed by atoms with Crippen molar-refractivity contribution in [1.29, 1.82) is 0 Å². The van der Waals surface area contributed by atoms with Crippen LogP contribution in [0.25, 0.3) is 10.8 Å². The Hall–Kier alpha value is -6.65. The number of hydrogen-bond donors (Lipinski definition) is 5. The van der Waals surface area contributed by atoms with Gasteiger partial charge in [-0.15, -0.1) is 0 Å². The van der Waals surface area contributed by atoms with Crippen molar-refractivity contribution in [2.24, 2.45) is 22.2 Å². The number of nitrogens with zero attached hydrogens (tertiary/aromatic N) is 2. The maximum absolute atomic E-state index is 15.5. The number of fused-ring (bicyclic) bond motifs is 2. The van der Waals surface area contributed by atoms with Crippen LogP contribution in [0.5, 0.6) is 17.2 Å². The van der Waals surface area contributed by atoms with Gasteiger partial charge < -0.3 is 41.6 Å². The minimum Gasteiger partial charge on any atom is -0.488 e. The highest BCUT2D eigenvalue weighted by Crippen LogP contribution is 2.42. The first-order valence-electron chi connectivity index (χ1n) is 25.4.